The minimum atomic E-state index is -2.56. The summed E-state index contributed by atoms with van der Waals surface area (Å²) in [5.41, 5.74) is 4.68. The van der Waals surface area contributed by atoms with Gasteiger partial charge in [0.15, 0.2) is 0 Å². The number of aryl methyl sites for hydroxylation is 1. The van der Waals surface area contributed by atoms with Crippen LogP contribution in [0.4, 0.5) is 13.2 Å². The average molecular weight is 316 g/mol. The Balaban J connectivity index is 1.75. The number of hydrogen-bond donors (Lipinski definition) is 0. The molecule has 0 unspecified atom stereocenters. The normalized spacial score (nSPS) is 17.0. The van der Waals surface area contributed by atoms with Gasteiger partial charge in [-0.3, -0.25) is 0 Å². The number of hydrogen-bond acceptors (Lipinski definition) is 0. The summed E-state index contributed by atoms with van der Waals surface area (Å²) < 4.78 is 40.2. The van der Waals surface area contributed by atoms with Crippen molar-refractivity contribution in [2.45, 2.75) is 38.5 Å². The van der Waals surface area contributed by atoms with Crippen LogP contribution >= 0.6 is 0 Å². The Bertz CT molecular complexity index is 727. The molecular formula is C20H19F3. The molecule has 0 fully saturated rings. The molecular weight excluding hydrogens is 297 g/mol. The highest BCUT2D eigenvalue weighted by Crippen LogP contribution is 2.36. The van der Waals surface area contributed by atoms with Crippen molar-refractivity contribution < 1.29 is 13.2 Å². The summed E-state index contributed by atoms with van der Waals surface area (Å²) in [7, 11) is 0. The molecule has 0 saturated carbocycles. The molecule has 0 atom stereocenters. The molecule has 0 aliphatic heterocycles. The van der Waals surface area contributed by atoms with E-state index in [1.165, 1.54) is 6.07 Å². The van der Waals surface area contributed by atoms with Gasteiger partial charge in [-0.2, -0.15) is 0 Å². The molecule has 0 aromatic heterocycles. The molecule has 2 aromatic carbocycles. The van der Waals surface area contributed by atoms with Crippen molar-refractivity contribution in [2.24, 2.45) is 0 Å². The van der Waals surface area contributed by atoms with E-state index in [1.54, 1.807) is 12.1 Å². The van der Waals surface area contributed by atoms with Crippen molar-refractivity contribution in [1.29, 1.82) is 0 Å². The molecule has 2 aromatic rings. The first kappa shape index (κ1) is 15.9. The van der Waals surface area contributed by atoms with Gasteiger partial charge in [0.25, 0.3) is 5.92 Å². The van der Waals surface area contributed by atoms with Crippen molar-refractivity contribution in [3.05, 3.63) is 76.6 Å². The van der Waals surface area contributed by atoms with Gasteiger partial charge in [-0.1, -0.05) is 48.0 Å². The lowest BCUT2D eigenvalue weighted by molar-refractivity contribution is -0.00602. The molecule has 0 nitrogen and oxygen atoms in total. The van der Waals surface area contributed by atoms with Crippen molar-refractivity contribution in [3.63, 3.8) is 0 Å². The largest absolute Gasteiger partial charge is 0.251 e. The molecule has 120 valence electrons. The molecule has 23 heavy (non-hydrogen) atoms. The Labute approximate surface area is 134 Å². The van der Waals surface area contributed by atoms with E-state index in [1.807, 2.05) is 37.3 Å². The zero-order chi connectivity index (χ0) is 16.4. The summed E-state index contributed by atoms with van der Waals surface area (Å²) in [5.74, 6) is -2.76. The third-order valence-electron chi connectivity index (χ3n) is 4.33. The van der Waals surface area contributed by atoms with E-state index < -0.39 is 5.92 Å². The third kappa shape index (κ3) is 3.84. The first-order valence-electron chi connectivity index (χ1n) is 7.84. The Morgan fingerprint density at radius 2 is 1.78 bits per heavy atom. The minimum absolute atomic E-state index is 0.0882. The second-order valence-electron chi connectivity index (χ2n) is 6.26. The SMILES string of the molecule is Cc1ccc(F)c(Cc2ccc(C3=CCC(F)(F)CC3)cc2)c1. The van der Waals surface area contributed by atoms with Crippen LogP contribution in [0, 0.1) is 12.7 Å². The molecule has 0 spiro atoms. The Morgan fingerprint density at radius 3 is 2.43 bits per heavy atom. The summed E-state index contributed by atoms with van der Waals surface area (Å²) in [6.45, 7) is 1.94. The topological polar surface area (TPSA) is 0 Å². The van der Waals surface area contributed by atoms with Crippen LogP contribution in [-0.2, 0) is 6.42 Å². The lowest BCUT2D eigenvalue weighted by Crippen LogP contribution is -2.18. The van der Waals surface area contributed by atoms with Gasteiger partial charge in [0, 0.05) is 19.3 Å². The predicted molar refractivity (Wildman–Crippen MR) is 87.2 cm³/mol. The van der Waals surface area contributed by atoms with E-state index in [2.05, 4.69) is 0 Å². The van der Waals surface area contributed by atoms with E-state index in [9.17, 15) is 13.2 Å². The molecule has 3 rings (SSSR count). The van der Waals surface area contributed by atoms with Crippen molar-refractivity contribution in [3.8, 4) is 0 Å². The summed E-state index contributed by atoms with van der Waals surface area (Å²) in [6, 6.07) is 12.9. The van der Waals surface area contributed by atoms with Gasteiger partial charge >= 0.3 is 0 Å². The summed E-state index contributed by atoms with van der Waals surface area (Å²) in [4.78, 5) is 0. The van der Waals surface area contributed by atoms with E-state index in [4.69, 9.17) is 0 Å². The van der Waals surface area contributed by atoms with Crippen LogP contribution in [0.2, 0.25) is 0 Å². The molecule has 3 heteroatoms. The highest BCUT2D eigenvalue weighted by atomic mass is 19.3. The van der Waals surface area contributed by atoms with Gasteiger partial charge in [0.05, 0.1) is 0 Å². The lowest BCUT2D eigenvalue weighted by Gasteiger charge is -2.21. The summed E-state index contributed by atoms with van der Waals surface area (Å²) in [6.07, 6.45) is 2.30. The van der Waals surface area contributed by atoms with Gasteiger partial charge in [0.2, 0.25) is 0 Å². The van der Waals surface area contributed by atoms with Gasteiger partial charge < -0.3 is 0 Å². The number of allylic oxidation sites excluding steroid dienone is 2. The lowest BCUT2D eigenvalue weighted by atomic mass is 9.90. The Kier molecular flexibility index (Phi) is 4.29. The summed E-state index contributed by atoms with van der Waals surface area (Å²) in [5, 5.41) is 0. The molecule has 0 radical (unpaired) electrons. The Morgan fingerprint density at radius 1 is 1.04 bits per heavy atom. The molecule has 1 aliphatic rings. The number of rotatable bonds is 3. The molecule has 0 saturated heterocycles. The maximum absolute atomic E-state index is 13.8. The molecule has 0 amide bonds. The fraction of sp³-hybridized carbons (Fsp3) is 0.300. The van der Waals surface area contributed by atoms with E-state index in [0.29, 0.717) is 18.4 Å². The first-order valence-corrected chi connectivity index (χ1v) is 7.84. The van der Waals surface area contributed by atoms with Crippen LogP contribution in [0.1, 0.15) is 41.5 Å². The number of alkyl halides is 2. The van der Waals surface area contributed by atoms with Gasteiger partial charge in [0.1, 0.15) is 5.82 Å². The maximum atomic E-state index is 13.8. The second-order valence-corrected chi connectivity index (χ2v) is 6.26. The fourth-order valence-corrected chi connectivity index (χ4v) is 2.95. The van der Waals surface area contributed by atoms with Crippen LogP contribution < -0.4 is 0 Å². The monoisotopic (exact) mass is 316 g/mol. The maximum Gasteiger partial charge on any atom is 0.251 e. The van der Waals surface area contributed by atoms with Crippen LogP contribution in [0.15, 0.2) is 48.5 Å². The highest BCUT2D eigenvalue weighted by molar-refractivity contribution is 5.66. The van der Waals surface area contributed by atoms with Crippen molar-refractivity contribution in [2.75, 3.05) is 0 Å². The Hall–Kier alpha value is -2.03. The molecule has 0 heterocycles. The van der Waals surface area contributed by atoms with Crippen molar-refractivity contribution in [1.82, 2.24) is 0 Å². The van der Waals surface area contributed by atoms with E-state index in [0.717, 1.165) is 22.3 Å². The van der Waals surface area contributed by atoms with Crippen LogP contribution in [0.25, 0.3) is 5.57 Å². The van der Waals surface area contributed by atoms with Gasteiger partial charge in [-0.25, -0.2) is 13.2 Å². The third-order valence-corrected chi connectivity index (χ3v) is 4.33. The first-order chi connectivity index (χ1) is 10.9. The fourth-order valence-electron chi connectivity index (χ4n) is 2.95. The molecule has 0 bridgehead atoms. The van der Waals surface area contributed by atoms with E-state index >= 15 is 0 Å². The predicted octanol–water partition coefficient (Wildman–Crippen LogP) is 5.93. The summed E-state index contributed by atoms with van der Waals surface area (Å²) >= 11 is 0. The molecule has 0 N–H and O–H groups in total. The highest BCUT2D eigenvalue weighted by Gasteiger charge is 2.30. The zero-order valence-electron chi connectivity index (χ0n) is 13.1. The quantitative estimate of drug-likeness (QED) is 0.658. The van der Waals surface area contributed by atoms with E-state index in [-0.39, 0.29) is 18.7 Å². The van der Waals surface area contributed by atoms with Crippen LogP contribution in [0.5, 0.6) is 0 Å². The number of halogens is 3. The second kappa shape index (κ2) is 6.23. The minimum Gasteiger partial charge on any atom is -0.207 e. The average Bonchev–Trinajstić information content (AvgIpc) is 2.52. The van der Waals surface area contributed by atoms with Gasteiger partial charge in [-0.15, -0.1) is 0 Å². The smallest absolute Gasteiger partial charge is 0.207 e. The zero-order valence-corrected chi connectivity index (χ0v) is 13.1. The van der Waals surface area contributed by atoms with Crippen LogP contribution in [-0.4, -0.2) is 5.92 Å². The standard InChI is InChI=1S/C20H19F3/c1-14-2-7-19(21)18(12-14)13-15-3-5-16(6-4-15)17-8-10-20(22,23)11-9-17/h2-8,12H,9-11,13H2,1H3. The number of benzene rings is 2. The molecule has 1 aliphatic carbocycles. The van der Waals surface area contributed by atoms with Crippen molar-refractivity contribution >= 4 is 5.57 Å². The van der Waals surface area contributed by atoms with Gasteiger partial charge in [-0.05, 0) is 41.7 Å². The van der Waals surface area contributed by atoms with Crippen LogP contribution in [0.3, 0.4) is 0 Å².